The minimum absolute atomic E-state index is 0.225. The van der Waals surface area contributed by atoms with Crippen molar-refractivity contribution in [3.05, 3.63) is 11.5 Å². The molecule has 0 saturated heterocycles. The van der Waals surface area contributed by atoms with Gasteiger partial charge in [0.15, 0.2) is 0 Å². The summed E-state index contributed by atoms with van der Waals surface area (Å²) in [6, 6.07) is 0. The molecule has 2 nitrogen and oxygen atoms in total. The van der Waals surface area contributed by atoms with Crippen LogP contribution in [0, 0.1) is 11.8 Å². The highest BCUT2D eigenvalue weighted by Crippen LogP contribution is 2.28. The summed E-state index contributed by atoms with van der Waals surface area (Å²) in [5.41, 5.74) is 0. The summed E-state index contributed by atoms with van der Waals surface area (Å²) in [5, 5.41) is 0. The topological polar surface area (TPSA) is 18.5 Å². The Labute approximate surface area is 87.3 Å². The van der Waals surface area contributed by atoms with Gasteiger partial charge in [-0.1, -0.05) is 34.6 Å². The van der Waals surface area contributed by atoms with Gasteiger partial charge in [0.2, 0.25) is 0 Å². The molecule has 1 heterocycles. The van der Waals surface area contributed by atoms with Crippen LogP contribution in [0.25, 0.3) is 0 Å². The van der Waals surface area contributed by atoms with Crippen LogP contribution in [0.5, 0.6) is 0 Å². The Kier molecular flexibility index (Phi) is 3.85. The van der Waals surface area contributed by atoms with Gasteiger partial charge < -0.3 is 9.47 Å². The predicted molar refractivity (Wildman–Crippen MR) is 57.8 cm³/mol. The zero-order valence-electron chi connectivity index (χ0n) is 9.96. The standard InChI is InChI=1S/C12H22O2/c1-6-10-12(9(4)5)14-11(7-13-10)8(2)3/h8-9,11H,6-7H2,1-5H3. The summed E-state index contributed by atoms with van der Waals surface area (Å²) in [4.78, 5) is 0. The van der Waals surface area contributed by atoms with E-state index in [9.17, 15) is 0 Å². The van der Waals surface area contributed by atoms with Crippen molar-refractivity contribution in [3.63, 3.8) is 0 Å². The molecule has 0 amide bonds. The summed E-state index contributed by atoms with van der Waals surface area (Å²) in [7, 11) is 0. The lowest BCUT2D eigenvalue weighted by Gasteiger charge is -2.32. The molecule has 0 bridgehead atoms. The van der Waals surface area contributed by atoms with Gasteiger partial charge in [0.05, 0.1) is 0 Å². The zero-order valence-corrected chi connectivity index (χ0v) is 9.96. The first-order chi connectivity index (χ1) is 6.56. The largest absolute Gasteiger partial charge is 0.491 e. The van der Waals surface area contributed by atoms with Gasteiger partial charge in [-0.3, -0.25) is 0 Å². The van der Waals surface area contributed by atoms with E-state index in [0.29, 0.717) is 18.4 Å². The third kappa shape index (κ3) is 2.43. The number of hydrogen-bond donors (Lipinski definition) is 0. The van der Waals surface area contributed by atoms with Gasteiger partial charge in [0.25, 0.3) is 0 Å². The van der Waals surface area contributed by atoms with E-state index < -0.39 is 0 Å². The minimum atomic E-state index is 0.225. The molecule has 14 heavy (non-hydrogen) atoms. The van der Waals surface area contributed by atoms with E-state index in [1.54, 1.807) is 0 Å². The third-order valence-electron chi connectivity index (χ3n) is 2.56. The highest BCUT2D eigenvalue weighted by atomic mass is 16.6. The third-order valence-corrected chi connectivity index (χ3v) is 2.56. The molecule has 0 fully saturated rings. The molecule has 0 aromatic heterocycles. The SMILES string of the molecule is CCC1=C(C(C)C)OC(C(C)C)CO1. The molecule has 82 valence electrons. The molecule has 0 aliphatic carbocycles. The van der Waals surface area contributed by atoms with Gasteiger partial charge >= 0.3 is 0 Å². The van der Waals surface area contributed by atoms with Crippen LogP contribution >= 0.6 is 0 Å². The highest BCUT2D eigenvalue weighted by Gasteiger charge is 2.26. The van der Waals surface area contributed by atoms with Crippen LogP contribution in [0.2, 0.25) is 0 Å². The average Bonchev–Trinajstić information content (AvgIpc) is 2.16. The van der Waals surface area contributed by atoms with Crippen LogP contribution in [-0.4, -0.2) is 12.7 Å². The summed E-state index contributed by atoms with van der Waals surface area (Å²) in [6.07, 6.45) is 1.15. The second-order valence-corrected chi connectivity index (χ2v) is 4.51. The van der Waals surface area contributed by atoms with Crippen molar-refractivity contribution >= 4 is 0 Å². The van der Waals surface area contributed by atoms with Crippen molar-refractivity contribution in [1.82, 2.24) is 0 Å². The molecule has 1 aliphatic rings. The van der Waals surface area contributed by atoms with Crippen LogP contribution in [0.1, 0.15) is 41.0 Å². The zero-order chi connectivity index (χ0) is 10.7. The van der Waals surface area contributed by atoms with Crippen molar-refractivity contribution in [2.24, 2.45) is 11.8 Å². The van der Waals surface area contributed by atoms with Crippen molar-refractivity contribution < 1.29 is 9.47 Å². The molecule has 0 radical (unpaired) electrons. The lowest BCUT2D eigenvalue weighted by Crippen LogP contribution is -2.31. The fourth-order valence-electron chi connectivity index (χ4n) is 1.58. The Morgan fingerprint density at radius 1 is 1.29 bits per heavy atom. The highest BCUT2D eigenvalue weighted by molar-refractivity contribution is 5.06. The smallest absolute Gasteiger partial charge is 0.137 e. The number of allylic oxidation sites excluding steroid dienone is 2. The van der Waals surface area contributed by atoms with E-state index in [1.165, 1.54) is 0 Å². The molecular formula is C12H22O2. The van der Waals surface area contributed by atoms with E-state index in [1.807, 2.05) is 0 Å². The molecule has 1 unspecified atom stereocenters. The van der Waals surface area contributed by atoms with E-state index in [2.05, 4.69) is 34.6 Å². The van der Waals surface area contributed by atoms with Crippen LogP contribution < -0.4 is 0 Å². The predicted octanol–water partition coefficient (Wildman–Crippen LogP) is 3.34. The first kappa shape index (κ1) is 11.4. The summed E-state index contributed by atoms with van der Waals surface area (Å²) in [5.74, 6) is 3.03. The van der Waals surface area contributed by atoms with Crippen LogP contribution in [0.15, 0.2) is 11.5 Å². The first-order valence-electron chi connectivity index (χ1n) is 5.58. The quantitative estimate of drug-likeness (QED) is 0.692. The lowest BCUT2D eigenvalue weighted by atomic mass is 10.0. The van der Waals surface area contributed by atoms with Crippen LogP contribution in [-0.2, 0) is 9.47 Å². The minimum Gasteiger partial charge on any atom is -0.491 e. The monoisotopic (exact) mass is 198 g/mol. The van der Waals surface area contributed by atoms with E-state index in [4.69, 9.17) is 9.47 Å². The van der Waals surface area contributed by atoms with Crippen LogP contribution in [0.4, 0.5) is 0 Å². The van der Waals surface area contributed by atoms with Crippen molar-refractivity contribution in [2.75, 3.05) is 6.61 Å². The molecular weight excluding hydrogens is 176 g/mol. The number of rotatable bonds is 3. The van der Waals surface area contributed by atoms with Gasteiger partial charge in [-0.2, -0.15) is 0 Å². The molecule has 0 N–H and O–H groups in total. The normalized spacial score (nSPS) is 22.6. The Morgan fingerprint density at radius 3 is 2.36 bits per heavy atom. The second kappa shape index (κ2) is 4.72. The Balaban J connectivity index is 2.76. The van der Waals surface area contributed by atoms with Gasteiger partial charge in [-0.15, -0.1) is 0 Å². The molecule has 1 aliphatic heterocycles. The molecule has 1 atom stereocenters. The van der Waals surface area contributed by atoms with E-state index in [0.717, 1.165) is 17.9 Å². The summed E-state index contributed by atoms with van der Waals surface area (Å²) < 4.78 is 11.7. The second-order valence-electron chi connectivity index (χ2n) is 4.51. The van der Waals surface area contributed by atoms with Gasteiger partial charge in [0, 0.05) is 12.3 Å². The molecule has 0 aromatic rings. The maximum Gasteiger partial charge on any atom is 0.137 e. The van der Waals surface area contributed by atoms with E-state index in [-0.39, 0.29) is 6.10 Å². The fourth-order valence-corrected chi connectivity index (χ4v) is 1.58. The maximum atomic E-state index is 5.97. The lowest BCUT2D eigenvalue weighted by molar-refractivity contribution is -0.0394. The Bertz CT molecular complexity index is 216. The molecule has 2 heteroatoms. The number of ether oxygens (including phenoxy) is 2. The van der Waals surface area contributed by atoms with Crippen molar-refractivity contribution in [1.29, 1.82) is 0 Å². The average molecular weight is 198 g/mol. The Morgan fingerprint density at radius 2 is 1.93 bits per heavy atom. The summed E-state index contributed by atoms with van der Waals surface area (Å²) in [6.45, 7) is 11.5. The molecule has 1 rings (SSSR count). The van der Waals surface area contributed by atoms with Gasteiger partial charge in [-0.25, -0.2) is 0 Å². The fraction of sp³-hybridized carbons (Fsp3) is 0.833. The van der Waals surface area contributed by atoms with Crippen molar-refractivity contribution in [3.8, 4) is 0 Å². The van der Waals surface area contributed by atoms with E-state index >= 15 is 0 Å². The van der Waals surface area contributed by atoms with Gasteiger partial charge in [0.1, 0.15) is 24.2 Å². The first-order valence-corrected chi connectivity index (χ1v) is 5.58. The number of hydrogen-bond acceptors (Lipinski definition) is 2. The van der Waals surface area contributed by atoms with Crippen molar-refractivity contribution in [2.45, 2.75) is 47.1 Å². The Hall–Kier alpha value is -0.660. The molecule has 0 saturated carbocycles. The molecule has 0 spiro atoms. The molecule has 0 aromatic carbocycles. The van der Waals surface area contributed by atoms with Gasteiger partial charge in [-0.05, 0) is 5.92 Å². The summed E-state index contributed by atoms with van der Waals surface area (Å²) >= 11 is 0. The maximum absolute atomic E-state index is 5.97. The van der Waals surface area contributed by atoms with Crippen LogP contribution in [0.3, 0.4) is 0 Å².